The highest BCUT2D eigenvalue weighted by Gasteiger charge is 2.56. The maximum absolute atomic E-state index is 2.56. The van der Waals surface area contributed by atoms with E-state index in [4.69, 9.17) is 0 Å². The minimum atomic E-state index is 0. The van der Waals surface area contributed by atoms with Gasteiger partial charge in [0.2, 0.25) is 0 Å². The topological polar surface area (TPSA) is 0 Å². The molecular formula is C58H104. The quantitative estimate of drug-likeness (QED) is 0.267. The maximum Gasteiger partial charge on any atom is -0.0290 e. The third-order valence-electron chi connectivity index (χ3n) is 22.3. The van der Waals surface area contributed by atoms with Crippen LogP contribution in [0.4, 0.5) is 0 Å². The Labute approximate surface area is 365 Å². The van der Waals surface area contributed by atoms with Gasteiger partial charge in [0, 0.05) is 0 Å². The van der Waals surface area contributed by atoms with Gasteiger partial charge in [-0.25, -0.2) is 0 Å². The second-order valence-corrected chi connectivity index (χ2v) is 27.2. The van der Waals surface area contributed by atoms with Gasteiger partial charge in [0.1, 0.15) is 0 Å². The Morgan fingerprint density at radius 2 is 0.759 bits per heavy atom. The molecule has 18 aliphatic carbocycles. The molecule has 18 fully saturated rings. The number of hydrogen-bond acceptors (Lipinski definition) is 0. The van der Waals surface area contributed by atoms with Gasteiger partial charge in [-0.05, 0) is 277 Å². The summed E-state index contributed by atoms with van der Waals surface area (Å²) in [6.45, 7) is 14.8. The van der Waals surface area contributed by atoms with Gasteiger partial charge in [0.15, 0.2) is 0 Å². The van der Waals surface area contributed by atoms with Crippen molar-refractivity contribution in [1.82, 2.24) is 0 Å². The fraction of sp³-hybridized carbons (Fsp3) is 1.00. The first-order valence-electron chi connectivity index (χ1n) is 26.3. The van der Waals surface area contributed by atoms with Gasteiger partial charge in [0.05, 0.1) is 0 Å². The Hall–Kier alpha value is 0. The van der Waals surface area contributed by atoms with Crippen molar-refractivity contribution in [3.8, 4) is 0 Å². The molecule has 7 atom stereocenters. The van der Waals surface area contributed by atoms with Crippen LogP contribution in [0.15, 0.2) is 0 Å². The summed E-state index contributed by atoms with van der Waals surface area (Å²) >= 11 is 0. The number of hydrogen-bond donors (Lipinski definition) is 0. The molecule has 58 heavy (non-hydrogen) atoms. The molecule has 0 saturated heterocycles. The lowest BCUT2D eigenvalue weighted by atomic mass is 9.44. The lowest BCUT2D eigenvalue weighted by Crippen LogP contribution is -2.50. The molecule has 0 aromatic rings. The predicted octanol–water partition coefficient (Wildman–Crippen LogP) is 18.4. The first kappa shape index (κ1) is 46.0. The summed E-state index contributed by atoms with van der Waals surface area (Å²) in [6.07, 6.45) is 47.0. The van der Waals surface area contributed by atoms with Crippen molar-refractivity contribution < 1.29 is 0 Å². The molecule has 18 rings (SSSR count). The monoisotopic (exact) mass is 801 g/mol. The van der Waals surface area contributed by atoms with Crippen molar-refractivity contribution in [3.05, 3.63) is 0 Å². The van der Waals surface area contributed by atoms with Crippen molar-refractivity contribution in [3.63, 3.8) is 0 Å². The van der Waals surface area contributed by atoms with Crippen LogP contribution in [-0.2, 0) is 0 Å². The summed E-state index contributed by atoms with van der Waals surface area (Å²) in [7, 11) is 0. The fourth-order valence-electron chi connectivity index (χ4n) is 21.7. The van der Waals surface area contributed by atoms with Crippen LogP contribution in [0.25, 0.3) is 0 Å². The van der Waals surface area contributed by atoms with Crippen LogP contribution in [0, 0.1) is 110 Å². The number of fused-ring (bicyclic) bond motifs is 2. The van der Waals surface area contributed by atoms with Crippen molar-refractivity contribution in [1.29, 1.82) is 0 Å². The molecule has 336 valence electrons. The molecule has 0 aliphatic heterocycles. The molecule has 0 aromatic carbocycles. The summed E-state index contributed by atoms with van der Waals surface area (Å²) in [5.41, 5.74) is 4.04. The minimum absolute atomic E-state index is 0. The smallest absolute Gasteiger partial charge is 0.0290 e. The maximum atomic E-state index is 2.56. The largest absolute Gasteiger partial charge is 0.0776 e. The predicted molar refractivity (Wildman–Crippen MR) is 254 cm³/mol. The van der Waals surface area contributed by atoms with E-state index in [0.29, 0.717) is 0 Å². The molecular weight excluding hydrogens is 697 g/mol. The van der Waals surface area contributed by atoms with E-state index in [0.717, 1.165) is 110 Å². The first-order valence-corrected chi connectivity index (χ1v) is 26.3. The Bertz CT molecular complexity index is 1250. The highest BCUT2D eigenvalue weighted by Crippen LogP contribution is 2.67. The summed E-state index contributed by atoms with van der Waals surface area (Å²) in [6, 6.07) is 0. The van der Waals surface area contributed by atoms with Gasteiger partial charge in [-0.1, -0.05) is 89.5 Å². The molecule has 18 aliphatic rings. The Morgan fingerprint density at radius 1 is 0.362 bits per heavy atom. The van der Waals surface area contributed by atoms with Crippen molar-refractivity contribution >= 4 is 0 Å². The molecule has 18 saturated carbocycles. The van der Waals surface area contributed by atoms with Gasteiger partial charge >= 0.3 is 0 Å². The fourth-order valence-corrected chi connectivity index (χ4v) is 21.7. The lowest BCUT2D eigenvalue weighted by molar-refractivity contribution is -0.103. The third kappa shape index (κ3) is 9.03. The third-order valence-corrected chi connectivity index (χ3v) is 22.3. The van der Waals surface area contributed by atoms with Crippen molar-refractivity contribution in [2.24, 2.45) is 110 Å². The van der Waals surface area contributed by atoms with E-state index in [1.165, 1.54) is 19.3 Å². The molecule has 0 heteroatoms. The standard InChI is InChI=1S/C13H22.C12H20.C11H18.C10H16.C9H16.3CH4/c1-3-13-7-10-4-11(8-13)6-12(2,5-10)9-13;1-2-12-6-9-3-10(7-12)5-11(4-9)8-12;1-11-5-8-2-9(6-11)4-10(3-8)7-11;1-10-5-7-2-8(6-10)4-9(10)3-7;1-2-8-5-7-3-4-9(8)6-7;;;/h10-11H,3-9H2,1-2H3;9-11H,2-8H2,1H3;8-10H,2-7H2,1H3;7-9H,2-6H2,1H3;7-9H,2-6H2,1H3;3*1H4. The molecule has 0 aromatic heterocycles. The van der Waals surface area contributed by atoms with Gasteiger partial charge in [-0.2, -0.15) is 0 Å². The summed E-state index contributed by atoms with van der Waals surface area (Å²) in [5, 5.41) is 0. The molecule has 18 bridgehead atoms. The van der Waals surface area contributed by atoms with E-state index in [-0.39, 0.29) is 22.3 Å². The van der Waals surface area contributed by atoms with E-state index in [1.807, 2.05) is 0 Å². The summed E-state index contributed by atoms with van der Waals surface area (Å²) in [4.78, 5) is 0. The van der Waals surface area contributed by atoms with Crippen molar-refractivity contribution in [2.45, 2.75) is 256 Å². The second-order valence-electron chi connectivity index (χ2n) is 27.2. The highest BCUT2D eigenvalue weighted by molar-refractivity contribution is 5.07. The summed E-state index contributed by atoms with van der Waals surface area (Å²) in [5.74, 6) is 16.0. The summed E-state index contributed by atoms with van der Waals surface area (Å²) < 4.78 is 0. The van der Waals surface area contributed by atoms with Crippen LogP contribution in [-0.4, -0.2) is 0 Å². The Balaban J connectivity index is 0.000000109. The van der Waals surface area contributed by atoms with Crippen LogP contribution in [0.1, 0.15) is 256 Å². The van der Waals surface area contributed by atoms with E-state index < -0.39 is 0 Å². The second kappa shape index (κ2) is 17.2. The zero-order chi connectivity index (χ0) is 37.8. The minimum Gasteiger partial charge on any atom is -0.0776 e. The van der Waals surface area contributed by atoms with E-state index in [2.05, 4.69) is 41.5 Å². The molecule has 0 nitrogen and oxygen atoms in total. The molecule has 0 amide bonds. The van der Waals surface area contributed by atoms with Crippen LogP contribution < -0.4 is 0 Å². The van der Waals surface area contributed by atoms with E-state index in [9.17, 15) is 0 Å². The van der Waals surface area contributed by atoms with Crippen LogP contribution in [0.2, 0.25) is 0 Å². The van der Waals surface area contributed by atoms with Crippen molar-refractivity contribution in [2.75, 3.05) is 0 Å². The molecule has 7 unspecified atom stereocenters. The lowest BCUT2D eigenvalue weighted by Gasteiger charge is -2.61. The average Bonchev–Trinajstić information content (AvgIpc) is 3.84. The molecule has 0 heterocycles. The van der Waals surface area contributed by atoms with Crippen LogP contribution in [0.3, 0.4) is 0 Å². The van der Waals surface area contributed by atoms with Gasteiger partial charge < -0.3 is 0 Å². The van der Waals surface area contributed by atoms with Gasteiger partial charge in [0.25, 0.3) is 0 Å². The molecule has 0 radical (unpaired) electrons. The first-order chi connectivity index (χ1) is 26.3. The molecule has 0 spiro atoms. The highest BCUT2D eigenvalue weighted by atomic mass is 14.6. The SMILES string of the molecule is C.C.C.CC12CC3CC(CC(C3)C1)C2.CC12CC3CC(CC1C3)C2.CCC12CC3CC(CC(C)(C3)C1)C2.CCC12CC3CC(CC(C3)C1)C2.CCC1CC2CCC1C2. The van der Waals surface area contributed by atoms with Gasteiger partial charge in [-0.15, -0.1) is 0 Å². The Morgan fingerprint density at radius 3 is 1.07 bits per heavy atom. The van der Waals surface area contributed by atoms with E-state index in [1.54, 1.807) is 173 Å². The zero-order valence-corrected chi connectivity index (χ0v) is 37.8. The van der Waals surface area contributed by atoms with Crippen LogP contribution >= 0.6 is 0 Å². The zero-order valence-electron chi connectivity index (χ0n) is 37.8. The normalized spacial score (nSPS) is 54.7. The Kier molecular flexibility index (Phi) is 13.6. The average molecular weight is 801 g/mol. The number of rotatable bonds is 3. The molecule has 0 N–H and O–H groups in total. The van der Waals surface area contributed by atoms with Crippen LogP contribution in [0.5, 0.6) is 0 Å². The van der Waals surface area contributed by atoms with Gasteiger partial charge in [-0.3, -0.25) is 0 Å². The van der Waals surface area contributed by atoms with E-state index >= 15 is 0 Å².